The van der Waals surface area contributed by atoms with E-state index in [-0.39, 0.29) is 5.95 Å². The molecule has 1 aromatic rings. The van der Waals surface area contributed by atoms with Crippen molar-refractivity contribution in [2.75, 3.05) is 19.1 Å². The lowest BCUT2D eigenvalue weighted by atomic mass is 10.4. The summed E-state index contributed by atoms with van der Waals surface area (Å²) in [5.74, 6) is 0.454. The Labute approximate surface area is 81.2 Å². The third kappa shape index (κ3) is 2.09. The van der Waals surface area contributed by atoms with Crippen molar-refractivity contribution in [3.8, 4) is 5.88 Å². The first-order valence-electron chi connectivity index (χ1n) is 3.91. The molecule has 0 fully saturated rings. The Morgan fingerprint density at radius 3 is 2.71 bits per heavy atom. The van der Waals surface area contributed by atoms with E-state index in [0.717, 1.165) is 4.90 Å². The van der Waals surface area contributed by atoms with Crippen molar-refractivity contribution >= 4 is 12.0 Å². The Morgan fingerprint density at radius 2 is 2.21 bits per heavy atom. The number of aryl methyl sites for hydroxylation is 1. The Morgan fingerprint density at radius 1 is 1.57 bits per heavy atom. The molecule has 0 atom stereocenters. The minimum absolute atomic E-state index is 0.106. The van der Waals surface area contributed by atoms with Crippen molar-refractivity contribution in [3.05, 3.63) is 11.8 Å². The lowest BCUT2D eigenvalue weighted by molar-refractivity contribution is 0.203. The van der Waals surface area contributed by atoms with Gasteiger partial charge in [0.1, 0.15) is 0 Å². The summed E-state index contributed by atoms with van der Waals surface area (Å²) in [4.78, 5) is 19.4. The molecule has 1 amide bonds. The fourth-order valence-corrected chi connectivity index (χ4v) is 0.865. The van der Waals surface area contributed by atoms with E-state index in [1.165, 1.54) is 14.2 Å². The van der Waals surface area contributed by atoms with Gasteiger partial charge >= 0.3 is 6.09 Å². The molecule has 0 spiro atoms. The van der Waals surface area contributed by atoms with E-state index in [0.29, 0.717) is 11.6 Å². The van der Waals surface area contributed by atoms with E-state index in [4.69, 9.17) is 9.84 Å². The average molecular weight is 197 g/mol. The number of aromatic nitrogens is 2. The normalized spacial score (nSPS) is 9.64. The van der Waals surface area contributed by atoms with Crippen LogP contribution in [0.25, 0.3) is 0 Å². The highest BCUT2D eigenvalue weighted by molar-refractivity contribution is 5.82. The van der Waals surface area contributed by atoms with Gasteiger partial charge in [-0.3, -0.25) is 0 Å². The van der Waals surface area contributed by atoms with E-state index in [9.17, 15) is 4.79 Å². The predicted molar refractivity (Wildman–Crippen MR) is 49.7 cm³/mol. The summed E-state index contributed by atoms with van der Waals surface area (Å²) in [7, 11) is 2.84. The molecule has 0 saturated carbocycles. The van der Waals surface area contributed by atoms with E-state index >= 15 is 0 Å². The summed E-state index contributed by atoms with van der Waals surface area (Å²) in [5, 5.41) is 8.70. The Kier molecular flexibility index (Phi) is 2.85. The number of methoxy groups -OCH3 is 1. The number of carbonyl (C=O) groups is 1. The van der Waals surface area contributed by atoms with E-state index in [1.54, 1.807) is 13.0 Å². The van der Waals surface area contributed by atoms with Gasteiger partial charge < -0.3 is 9.84 Å². The Bertz CT molecular complexity index is 354. The second-order valence-electron chi connectivity index (χ2n) is 2.69. The molecule has 14 heavy (non-hydrogen) atoms. The van der Waals surface area contributed by atoms with Crippen LogP contribution < -0.4 is 9.64 Å². The van der Waals surface area contributed by atoms with Crippen molar-refractivity contribution in [1.82, 2.24) is 9.97 Å². The monoisotopic (exact) mass is 197 g/mol. The number of amides is 1. The van der Waals surface area contributed by atoms with Crippen molar-refractivity contribution in [3.63, 3.8) is 0 Å². The van der Waals surface area contributed by atoms with Gasteiger partial charge in [0, 0.05) is 18.8 Å². The number of hydrogen-bond donors (Lipinski definition) is 1. The molecule has 0 radical (unpaired) electrons. The highest BCUT2D eigenvalue weighted by Gasteiger charge is 2.12. The first-order chi connectivity index (χ1) is 6.54. The highest BCUT2D eigenvalue weighted by Crippen LogP contribution is 2.13. The molecule has 0 aromatic carbocycles. The predicted octanol–water partition coefficient (Wildman–Crippen LogP) is 0.908. The van der Waals surface area contributed by atoms with Gasteiger partial charge in [0.05, 0.1) is 7.11 Å². The molecule has 0 bridgehead atoms. The van der Waals surface area contributed by atoms with Crippen LogP contribution in [0.2, 0.25) is 0 Å². The topological polar surface area (TPSA) is 75.5 Å². The zero-order valence-electron chi connectivity index (χ0n) is 8.18. The molecule has 76 valence electrons. The van der Waals surface area contributed by atoms with Gasteiger partial charge in [0.2, 0.25) is 11.8 Å². The number of anilines is 1. The van der Waals surface area contributed by atoms with Gasteiger partial charge in [-0.15, -0.1) is 0 Å². The number of rotatable bonds is 2. The van der Waals surface area contributed by atoms with Gasteiger partial charge in [0.25, 0.3) is 0 Å². The van der Waals surface area contributed by atoms with Crippen LogP contribution in [0, 0.1) is 6.92 Å². The second kappa shape index (κ2) is 3.91. The maximum Gasteiger partial charge on any atom is 0.413 e. The first kappa shape index (κ1) is 10.2. The summed E-state index contributed by atoms with van der Waals surface area (Å²) < 4.78 is 4.89. The molecule has 6 heteroatoms. The first-order valence-corrected chi connectivity index (χ1v) is 3.91. The molecule has 0 aliphatic heterocycles. The van der Waals surface area contributed by atoms with Crippen LogP contribution in [0.15, 0.2) is 6.07 Å². The van der Waals surface area contributed by atoms with Gasteiger partial charge in [-0.25, -0.2) is 14.7 Å². The maximum atomic E-state index is 10.6. The Balaban J connectivity index is 3.08. The standard InChI is InChI=1S/C8H11N3O3/c1-5-4-6(14-3)10-7(9-5)11(2)8(12)13/h4H,1-3H3,(H,12,13). The summed E-state index contributed by atoms with van der Waals surface area (Å²) >= 11 is 0. The van der Waals surface area contributed by atoms with E-state index < -0.39 is 6.09 Å². The minimum Gasteiger partial charge on any atom is -0.481 e. The van der Waals surface area contributed by atoms with Crippen molar-refractivity contribution in [2.45, 2.75) is 6.92 Å². The minimum atomic E-state index is -1.11. The van der Waals surface area contributed by atoms with Crippen LogP contribution >= 0.6 is 0 Å². The van der Waals surface area contributed by atoms with Crippen molar-refractivity contribution < 1.29 is 14.6 Å². The van der Waals surface area contributed by atoms with Gasteiger partial charge in [-0.2, -0.15) is 4.98 Å². The van der Waals surface area contributed by atoms with E-state index in [2.05, 4.69) is 9.97 Å². The summed E-state index contributed by atoms with van der Waals surface area (Å²) in [6, 6.07) is 1.62. The molecule has 1 heterocycles. The quantitative estimate of drug-likeness (QED) is 0.762. The molecule has 1 aromatic heterocycles. The third-order valence-electron chi connectivity index (χ3n) is 1.61. The second-order valence-corrected chi connectivity index (χ2v) is 2.69. The van der Waals surface area contributed by atoms with Gasteiger partial charge in [-0.1, -0.05) is 0 Å². The zero-order chi connectivity index (χ0) is 10.7. The van der Waals surface area contributed by atoms with Crippen LogP contribution in [-0.2, 0) is 0 Å². The van der Waals surface area contributed by atoms with Crippen molar-refractivity contribution in [2.24, 2.45) is 0 Å². The molecular formula is C8H11N3O3. The molecule has 1 rings (SSSR count). The fraction of sp³-hybridized carbons (Fsp3) is 0.375. The molecule has 6 nitrogen and oxygen atoms in total. The van der Waals surface area contributed by atoms with Gasteiger partial charge in [0.15, 0.2) is 0 Å². The smallest absolute Gasteiger partial charge is 0.413 e. The van der Waals surface area contributed by atoms with Crippen LogP contribution in [0.1, 0.15) is 5.69 Å². The number of nitrogens with zero attached hydrogens (tertiary/aromatic N) is 3. The summed E-state index contributed by atoms with van der Waals surface area (Å²) in [6.07, 6.45) is -1.11. The van der Waals surface area contributed by atoms with Crippen LogP contribution in [0.4, 0.5) is 10.7 Å². The number of carboxylic acid groups (broad SMARTS) is 1. The number of ether oxygens (including phenoxy) is 1. The van der Waals surface area contributed by atoms with Gasteiger partial charge in [-0.05, 0) is 6.92 Å². The van der Waals surface area contributed by atoms with Crippen LogP contribution in [-0.4, -0.2) is 35.3 Å². The largest absolute Gasteiger partial charge is 0.481 e. The molecule has 0 saturated heterocycles. The fourth-order valence-electron chi connectivity index (χ4n) is 0.865. The lowest BCUT2D eigenvalue weighted by Crippen LogP contribution is -2.26. The van der Waals surface area contributed by atoms with Crippen LogP contribution in [0.5, 0.6) is 5.88 Å². The molecule has 0 aliphatic carbocycles. The zero-order valence-corrected chi connectivity index (χ0v) is 8.18. The molecule has 0 unspecified atom stereocenters. The molecule has 1 N–H and O–H groups in total. The van der Waals surface area contributed by atoms with E-state index in [1.807, 2.05) is 0 Å². The SMILES string of the molecule is COc1cc(C)nc(N(C)C(=O)O)n1. The summed E-state index contributed by atoms with van der Waals surface area (Å²) in [6.45, 7) is 1.74. The highest BCUT2D eigenvalue weighted by atomic mass is 16.5. The number of hydrogen-bond acceptors (Lipinski definition) is 4. The summed E-state index contributed by atoms with van der Waals surface area (Å²) in [5.41, 5.74) is 0.653. The molecular weight excluding hydrogens is 186 g/mol. The van der Waals surface area contributed by atoms with Crippen LogP contribution in [0.3, 0.4) is 0 Å². The third-order valence-corrected chi connectivity index (χ3v) is 1.61. The van der Waals surface area contributed by atoms with Crippen molar-refractivity contribution in [1.29, 1.82) is 0 Å². The average Bonchev–Trinajstić information content (AvgIpc) is 2.15. The Hall–Kier alpha value is -1.85. The maximum absolute atomic E-state index is 10.6. The molecule has 0 aliphatic rings. The lowest BCUT2D eigenvalue weighted by Gasteiger charge is -2.11.